The van der Waals surface area contributed by atoms with Gasteiger partial charge in [0.25, 0.3) is 0 Å². The van der Waals surface area contributed by atoms with E-state index in [0.29, 0.717) is 38.5 Å². The maximum Gasteiger partial charge on any atom is 0.410 e. The first-order valence-electron chi connectivity index (χ1n) is 8.61. The minimum absolute atomic E-state index is 0.313. The van der Waals surface area contributed by atoms with Crippen molar-refractivity contribution >= 4 is 12.1 Å². The predicted octanol–water partition coefficient (Wildman–Crippen LogP) is 2.24. The first-order chi connectivity index (χ1) is 11.8. The van der Waals surface area contributed by atoms with E-state index in [-0.39, 0.29) is 12.1 Å². The maximum absolute atomic E-state index is 12.4. The fourth-order valence-corrected chi connectivity index (χ4v) is 2.70. The lowest BCUT2D eigenvalue weighted by Crippen LogP contribution is -2.52. The average molecular weight is 349 g/mol. The lowest BCUT2D eigenvalue weighted by Gasteiger charge is -2.38. The fraction of sp³-hybridized carbons (Fsp3) is 0.611. The normalized spacial score (nSPS) is 17.0. The van der Waals surface area contributed by atoms with Crippen LogP contribution in [0.1, 0.15) is 39.4 Å². The summed E-state index contributed by atoms with van der Waals surface area (Å²) in [6.45, 7) is 9.75. The van der Waals surface area contributed by atoms with Gasteiger partial charge in [-0.2, -0.15) is 0 Å². The van der Waals surface area contributed by atoms with Crippen LogP contribution >= 0.6 is 0 Å². The summed E-state index contributed by atoms with van der Waals surface area (Å²) in [7, 11) is 0. The highest BCUT2D eigenvalue weighted by Gasteiger charge is 2.34. The molecule has 25 heavy (non-hydrogen) atoms. The molecule has 0 bridgehead atoms. The standard InChI is InChI=1S/C18H27N3O4/c1-5-24-16(22)15(14-8-6-7-9-19-14)20-10-12-21(13-11-20)17(23)25-18(2,3)4/h6-9,15H,5,10-13H2,1-4H3. The number of esters is 1. The monoisotopic (exact) mass is 349 g/mol. The highest BCUT2D eigenvalue weighted by atomic mass is 16.6. The molecule has 1 aromatic heterocycles. The molecule has 138 valence electrons. The maximum atomic E-state index is 12.4. The van der Waals surface area contributed by atoms with Gasteiger partial charge < -0.3 is 14.4 Å². The Morgan fingerprint density at radius 1 is 1.20 bits per heavy atom. The molecule has 7 nitrogen and oxygen atoms in total. The lowest BCUT2D eigenvalue weighted by atomic mass is 10.1. The van der Waals surface area contributed by atoms with Crippen LogP contribution in [-0.4, -0.2) is 65.2 Å². The van der Waals surface area contributed by atoms with E-state index in [0.717, 1.165) is 0 Å². The van der Waals surface area contributed by atoms with Crippen LogP contribution in [0.4, 0.5) is 4.79 Å². The van der Waals surface area contributed by atoms with Gasteiger partial charge in [-0.15, -0.1) is 0 Å². The van der Waals surface area contributed by atoms with Crippen LogP contribution in [0.25, 0.3) is 0 Å². The molecule has 0 saturated carbocycles. The molecule has 1 fully saturated rings. The molecule has 0 radical (unpaired) electrons. The predicted molar refractivity (Wildman–Crippen MR) is 93.0 cm³/mol. The number of aromatic nitrogens is 1. The molecule has 1 saturated heterocycles. The number of ether oxygens (including phenoxy) is 2. The quantitative estimate of drug-likeness (QED) is 0.776. The zero-order chi connectivity index (χ0) is 18.4. The smallest absolute Gasteiger partial charge is 0.410 e. The molecule has 2 heterocycles. The summed E-state index contributed by atoms with van der Waals surface area (Å²) in [4.78, 5) is 32.6. The minimum atomic E-state index is -0.554. The Morgan fingerprint density at radius 3 is 2.40 bits per heavy atom. The van der Waals surface area contributed by atoms with E-state index < -0.39 is 11.6 Å². The Balaban J connectivity index is 2.04. The highest BCUT2D eigenvalue weighted by molar-refractivity contribution is 5.77. The van der Waals surface area contributed by atoms with Gasteiger partial charge in [-0.25, -0.2) is 9.59 Å². The Bertz CT molecular complexity index is 578. The van der Waals surface area contributed by atoms with E-state index in [4.69, 9.17) is 9.47 Å². The molecule has 0 spiro atoms. The molecule has 1 aliphatic heterocycles. The van der Waals surface area contributed by atoms with Crippen molar-refractivity contribution in [2.45, 2.75) is 39.3 Å². The average Bonchev–Trinajstić information content (AvgIpc) is 2.55. The van der Waals surface area contributed by atoms with Gasteiger partial charge in [0.15, 0.2) is 6.04 Å². The Labute approximate surface area is 148 Å². The number of carbonyl (C=O) groups is 2. The van der Waals surface area contributed by atoms with Crippen molar-refractivity contribution in [2.75, 3.05) is 32.8 Å². The number of hydrogen-bond donors (Lipinski definition) is 0. The van der Waals surface area contributed by atoms with Crippen molar-refractivity contribution < 1.29 is 19.1 Å². The van der Waals surface area contributed by atoms with E-state index in [2.05, 4.69) is 4.98 Å². The molecule has 1 amide bonds. The van der Waals surface area contributed by atoms with E-state index in [9.17, 15) is 9.59 Å². The molecule has 0 N–H and O–H groups in total. The van der Waals surface area contributed by atoms with Crippen molar-refractivity contribution in [1.29, 1.82) is 0 Å². The molecule has 7 heteroatoms. The highest BCUT2D eigenvalue weighted by Crippen LogP contribution is 2.23. The number of piperazine rings is 1. The first kappa shape index (κ1) is 19.2. The number of pyridine rings is 1. The molecule has 1 atom stereocenters. The summed E-state index contributed by atoms with van der Waals surface area (Å²) in [5, 5.41) is 0. The summed E-state index contributed by atoms with van der Waals surface area (Å²) >= 11 is 0. The van der Waals surface area contributed by atoms with Crippen LogP contribution < -0.4 is 0 Å². The zero-order valence-corrected chi connectivity index (χ0v) is 15.4. The molecule has 0 aliphatic carbocycles. The third-order valence-electron chi connectivity index (χ3n) is 3.81. The molecule has 2 rings (SSSR count). The largest absolute Gasteiger partial charge is 0.465 e. The van der Waals surface area contributed by atoms with Gasteiger partial charge in [0.1, 0.15) is 5.60 Å². The van der Waals surface area contributed by atoms with Gasteiger partial charge in [0.2, 0.25) is 0 Å². The number of hydrogen-bond acceptors (Lipinski definition) is 6. The van der Waals surface area contributed by atoms with Crippen LogP contribution in [0.2, 0.25) is 0 Å². The Hall–Kier alpha value is -2.15. The van der Waals surface area contributed by atoms with Crippen molar-refractivity contribution in [3.8, 4) is 0 Å². The lowest BCUT2D eigenvalue weighted by molar-refractivity contribution is -0.150. The molecular weight excluding hydrogens is 322 g/mol. The molecule has 1 aromatic rings. The van der Waals surface area contributed by atoms with Crippen LogP contribution in [0.3, 0.4) is 0 Å². The topological polar surface area (TPSA) is 72.0 Å². The van der Waals surface area contributed by atoms with Crippen molar-refractivity contribution in [2.24, 2.45) is 0 Å². The van der Waals surface area contributed by atoms with E-state index >= 15 is 0 Å². The van der Waals surface area contributed by atoms with Crippen LogP contribution in [-0.2, 0) is 14.3 Å². The van der Waals surface area contributed by atoms with Gasteiger partial charge in [0, 0.05) is 32.4 Å². The molecular formula is C18H27N3O4. The molecule has 0 aromatic carbocycles. The van der Waals surface area contributed by atoms with E-state index in [1.165, 1.54) is 0 Å². The Morgan fingerprint density at radius 2 is 1.88 bits per heavy atom. The van der Waals surface area contributed by atoms with Crippen LogP contribution in [0.15, 0.2) is 24.4 Å². The second-order valence-corrected chi connectivity index (χ2v) is 6.91. The van der Waals surface area contributed by atoms with Crippen molar-refractivity contribution in [3.05, 3.63) is 30.1 Å². The van der Waals surface area contributed by atoms with Crippen molar-refractivity contribution in [1.82, 2.24) is 14.8 Å². The zero-order valence-electron chi connectivity index (χ0n) is 15.4. The first-order valence-corrected chi connectivity index (χ1v) is 8.61. The third-order valence-corrected chi connectivity index (χ3v) is 3.81. The number of rotatable bonds is 4. The fourth-order valence-electron chi connectivity index (χ4n) is 2.70. The summed E-state index contributed by atoms with van der Waals surface area (Å²) in [6, 6.07) is 4.93. The minimum Gasteiger partial charge on any atom is -0.465 e. The summed E-state index contributed by atoms with van der Waals surface area (Å²) < 4.78 is 10.6. The van der Waals surface area contributed by atoms with Gasteiger partial charge in [-0.05, 0) is 39.8 Å². The summed E-state index contributed by atoms with van der Waals surface area (Å²) in [6.07, 6.45) is 1.34. The third kappa shape index (κ3) is 5.42. The van der Waals surface area contributed by atoms with Gasteiger partial charge in [-0.1, -0.05) is 6.07 Å². The number of amides is 1. The Kier molecular flexibility index (Phi) is 6.36. The second-order valence-electron chi connectivity index (χ2n) is 6.91. The molecule has 1 aliphatic rings. The van der Waals surface area contributed by atoms with Crippen LogP contribution in [0.5, 0.6) is 0 Å². The van der Waals surface area contributed by atoms with Crippen molar-refractivity contribution in [3.63, 3.8) is 0 Å². The van der Waals surface area contributed by atoms with Gasteiger partial charge >= 0.3 is 12.1 Å². The van der Waals surface area contributed by atoms with Crippen LogP contribution in [0, 0.1) is 0 Å². The van der Waals surface area contributed by atoms with Gasteiger partial charge in [-0.3, -0.25) is 9.88 Å². The number of carbonyl (C=O) groups excluding carboxylic acids is 2. The number of nitrogens with zero attached hydrogens (tertiary/aromatic N) is 3. The molecule has 1 unspecified atom stereocenters. The van der Waals surface area contributed by atoms with E-state index in [1.807, 2.05) is 43.9 Å². The summed E-state index contributed by atoms with van der Waals surface area (Å²) in [5.74, 6) is -0.313. The van der Waals surface area contributed by atoms with E-state index in [1.54, 1.807) is 18.0 Å². The second kappa shape index (κ2) is 8.29. The SMILES string of the molecule is CCOC(=O)C(c1ccccn1)N1CCN(C(=O)OC(C)(C)C)CC1. The summed E-state index contributed by atoms with van der Waals surface area (Å²) in [5.41, 5.74) is 0.141. The van der Waals surface area contributed by atoms with Gasteiger partial charge in [0.05, 0.1) is 12.3 Å².